The second-order valence-corrected chi connectivity index (χ2v) is 19.9. The number of para-hydroxylation sites is 3. The van der Waals surface area contributed by atoms with Crippen LogP contribution in [0.3, 0.4) is 0 Å². The Kier molecular flexibility index (Phi) is 7.05. The van der Waals surface area contributed by atoms with E-state index in [1.165, 1.54) is 128 Å². The van der Waals surface area contributed by atoms with Crippen molar-refractivity contribution in [2.24, 2.45) is 0 Å². The van der Waals surface area contributed by atoms with Crippen LogP contribution in [0, 0.1) is 22.7 Å². The topological polar surface area (TPSA) is 52.5 Å². The summed E-state index contributed by atoms with van der Waals surface area (Å²) in [4.78, 5) is 0. The molecule has 0 radical (unpaired) electrons. The molecular weight excluding hydrogens is 799 g/mol. The molecule has 4 aliphatic rings. The van der Waals surface area contributed by atoms with Crippen LogP contribution < -0.4 is 0 Å². The van der Waals surface area contributed by atoms with Crippen molar-refractivity contribution in [3.05, 3.63) is 232 Å². The molecule has 3 aliphatic carbocycles. The summed E-state index contributed by atoms with van der Waals surface area (Å²) >= 11 is 0. The largest absolute Gasteiger partial charge is 0.309 e. The minimum absolute atomic E-state index is 0.251. The van der Waals surface area contributed by atoms with E-state index in [1.54, 1.807) is 0 Å². The molecule has 0 amide bonds. The van der Waals surface area contributed by atoms with Crippen LogP contribution in [0.4, 0.5) is 0 Å². The molecule has 0 atom stereocenters. The van der Waals surface area contributed by atoms with Gasteiger partial charge in [0.05, 0.1) is 45.4 Å². The molecule has 1 spiro atoms. The zero-order chi connectivity index (χ0) is 44.4. The SMILES string of the molecule is CC1(C)c2cc(C#N)ccc2-c2ccc(-c3ccc4c(c3)C3(c5cc(-c6ccc7c(c6)C(C)(C)c6cc(C#N)ccc6-7)ccc5-4)c4ccccc4-n4c5ccccc5c5cccc3c54)cc21. The number of nitrogens with zero attached hydrogens (tertiary/aromatic N) is 3. The van der Waals surface area contributed by atoms with Gasteiger partial charge in [-0.3, -0.25) is 0 Å². The Morgan fingerprint density at radius 3 is 1.30 bits per heavy atom. The van der Waals surface area contributed by atoms with Gasteiger partial charge < -0.3 is 4.57 Å². The molecule has 0 saturated carbocycles. The standard InChI is InChI=1S/C63H41N3/c1-61(2)52-28-36(34-64)16-22-42(52)44-24-18-38(30-54(44)61)40-20-26-46-47-27-21-41(39-19-25-45-43-23-17-37(35-65)29-53(43)62(3,4)55(45)31-39)33-57(47)63(56(46)32-40)50-12-6-8-15-59(50)66-58-14-7-5-10-48(58)49-11-9-13-51(63)60(49)66/h5-33H,1-4H3. The van der Waals surface area contributed by atoms with Gasteiger partial charge in [0.2, 0.25) is 0 Å². The Morgan fingerprint density at radius 2 is 0.773 bits per heavy atom. The van der Waals surface area contributed by atoms with Crippen molar-refractivity contribution in [3.8, 4) is 73.5 Å². The molecule has 14 rings (SSSR count). The summed E-state index contributed by atoms with van der Waals surface area (Å²) in [5.74, 6) is 0. The summed E-state index contributed by atoms with van der Waals surface area (Å²) in [6.07, 6.45) is 0. The highest BCUT2D eigenvalue weighted by Gasteiger charge is 2.51. The van der Waals surface area contributed by atoms with Gasteiger partial charge >= 0.3 is 0 Å². The van der Waals surface area contributed by atoms with Crippen molar-refractivity contribution >= 4 is 21.8 Å². The molecular formula is C63H41N3. The van der Waals surface area contributed by atoms with E-state index >= 15 is 0 Å². The van der Waals surface area contributed by atoms with Crippen LogP contribution in [0.2, 0.25) is 0 Å². The summed E-state index contributed by atoms with van der Waals surface area (Å²) in [6.45, 7) is 9.16. The predicted octanol–water partition coefficient (Wildman–Crippen LogP) is 15.2. The van der Waals surface area contributed by atoms with E-state index in [4.69, 9.17) is 0 Å². The molecule has 0 bridgehead atoms. The van der Waals surface area contributed by atoms with E-state index in [9.17, 15) is 10.5 Å². The molecule has 66 heavy (non-hydrogen) atoms. The minimum atomic E-state index is -0.628. The first-order valence-corrected chi connectivity index (χ1v) is 22.9. The van der Waals surface area contributed by atoms with E-state index in [0.717, 1.165) is 0 Å². The maximum atomic E-state index is 9.81. The van der Waals surface area contributed by atoms with Crippen molar-refractivity contribution in [2.75, 3.05) is 0 Å². The monoisotopic (exact) mass is 839 g/mol. The van der Waals surface area contributed by atoms with Gasteiger partial charge in [0.15, 0.2) is 0 Å². The van der Waals surface area contributed by atoms with Crippen molar-refractivity contribution in [3.63, 3.8) is 0 Å². The number of nitriles is 2. The molecule has 9 aromatic carbocycles. The molecule has 10 aromatic rings. The fourth-order valence-corrected chi connectivity index (χ4v) is 12.9. The smallest absolute Gasteiger partial charge is 0.0991 e. The van der Waals surface area contributed by atoms with Crippen LogP contribution in [0.25, 0.3) is 83.1 Å². The average molecular weight is 840 g/mol. The molecule has 2 heterocycles. The maximum absolute atomic E-state index is 9.81. The zero-order valence-electron chi connectivity index (χ0n) is 37.1. The highest BCUT2D eigenvalue weighted by Crippen LogP contribution is 2.62. The highest BCUT2D eigenvalue weighted by atomic mass is 15.0. The van der Waals surface area contributed by atoms with E-state index < -0.39 is 5.41 Å². The Morgan fingerprint density at radius 1 is 0.364 bits per heavy atom. The average Bonchev–Trinajstić information content (AvgIpc) is 4.00. The quantitative estimate of drug-likeness (QED) is 0.174. The van der Waals surface area contributed by atoms with Crippen LogP contribution in [0.15, 0.2) is 176 Å². The van der Waals surface area contributed by atoms with Gasteiger partial charge in [0.1, 0.15) is 0 Å². The van der Waals surface area contributed by atoms with Crippen LogP contribution >= 0.6 is 0 Å². The van der Waals surface area contributed by atoms with Gasteiger partial charge in [-0.2, -0.15) is 10.5 Å². The van der Waals surface area contributed by atoms with Gasteiger partial charge in [-0.15, -0.1) is 0 Å². The third-order valence-corrected chi connectivity index (χ3v) is 16.1. The number of rotatable bonds is 2. The Hall–Kier alpha value is -8.24. The van der Waals surface area contributed by atoms with Gasteiger partial charge in [-0.1, -0.05) is 143 Å². The Bertz CT molecular complexity index is 3790. The Labute approximate surface area is 384 Å². The van der Waals surface area contributed by atoms with Gasteiger partial charge in [0, 0.05) is 21.6 Å². The lowest BCUT2D eigenvalue weighted by Gasteiger charge is -2.40. The van der Waals surface area contributed by atoms with E-state index in [0.29, 0.717) is 11.1 Å². The summed E-state index contributed by atoms with van der Waals surface area (Å²) < 4.78 is 2.52. The number of hydrogen-bond donors (Lipinski definition) is 0. The fraction of sp³-hybridized carbons (Fsp3) is 0.111. The number of benzene rings is 9. The lowest BCUT2D eigenvalue weighted by atomic mass is 9.65. The summed E-state index contributed by atoms with van der Waals surface area (Å²) in [5, 5.41) is 22.1. The second-order valence-electron chi connectivity index (χ2n) is 19.9. The lowest BCUT2D eigenvalue weighted by Crippen LogP contribution is -2.33. The van der Waals surface area contributed by atoms with Crippen LogP contribution in [0.1, 0.15) is 83.3 Å². The van der Waals surface area contributed by atoms with Crippen molar-refractivity contribution in [1.82, 2.24) is 4.57 Å². The first kappa shape index (κ1) is 37.2. The first-order chi connectivity index (χ1) is 32.1. The summed E-state index contributed by atoms with van der Waals surface area (Å²) in [6, 6.07) is 70.3. The molecule has 308 valence electrons. The zero-order valence-corrected chi connectivity index (χ0v) is 37.1. The van der Waals surface area contributed by atoms with Crippen molar-refractivity contribution in [2.45, 2.75) is 43.9 Å². The molecule has 3 heteroatoms. The van der Waals surface area contributed by atoms with Crippen LogP contribution in [0.5, 0.6) is 0 Å². The molecule has 0 fully saturated rings. The molecule has 1 aromatic heterocycles. The lowest BCUT2D eigenvalue weighted by molar-refractivity contribution is 0.660. The first-order valence-electron chi connectivity index (χ1n) is 22.9. The van der Waals surface area contributed by atoms with E-state index in [1.807, 2.05) is 12.1 Å². The predicted molar refractivity (Wildman–Crippen MR) is 267 cm³/mol. The van der Waals surface area contributed by atoms with Gasteiger partial charge in [-0.25, -0.2) is 0 Å². The van der Waals surface area contributed by atoms with Gasteiger partial charge in [-0.05, 0) is 161 Å². The Balaban J connectivity index is 1.02. The fourth-order valence-electron chi connectivity index (χ4n) is 12.9. The molecule has 1 aliphatic heterocycles. The van der Waals surface area contributed by atoms with Crippen molar-refractivity contribution in [1.29, 1.82) is 10.5 Å². The molecule has 3 nitrogen and oxygen atoms in total. The molecule has 0 N–H and O–H groups in total. The minimum Gasteiger partial charge on any atom is -0.309 e. The number of aromatic nitrogens is 1. The van der Waals surface area contributed by atoms with E-state index in [2.05, 4.69) is 208 Å². The third kappa shape index (κ3) is 4.45. The highest BCUT2D eigenvalue weighted by molar-refractivity contribution is 6.13. The number of hydrogen-bond acceptors (Lipinski definition) is 2. The van der Waals surface area contributed by atoms with Gasteiger partial charge in [0.25, 0.3) is 0 Å². The number of fused-ring (bicyclic) bond motifs is 18. The normalized spacial score (nSPS) is 15.3. The molecule has 0 unspecified atom stereocenters. The third-order valence-electron chi connectivity index (χ3n) is 16.1. The van der Waals surface area contributed by atoms with Crippen LogP contribution in [-0.2, 0) is 16.2 Å². The summed E-state index contributed by atoms with van der Waals surface area (Å²) in [7, 11) is 0. The van der Waals surface area contributed by atoms with Crippen molar-refractivity contribution < 1.29 is 0 Å². The summed E-state index contributed by atoms with van der Waals surface area (Å²) in [5.41, 5.74) is 26.3. The maximum Gasteiger partial charge on any atom is 0.0991 e. The van der Waals surface area contributed by atoms with E-state index in [-0.39, 0.29) is 10.8 Å². The van der Waals surface area contributed by atoms with Crippen LogP contribution in [-0.4, -0.2) is 4.57 Å². The second kappa shape index (κ2) is 12.5. The molecule has 0 saturated heterocycles.